The molecule has 1 rings (SSSR count). The summed E-state index contributed by atoms with van der Waals surface area (Å²) in [5.74, 6) is -0.810. The first-order valence-electron chi connectivity index (χ1n) is 11.5. The third-order valence-corrected chi connectivity index (χ3v) is 6.18. The van der Waals surface area contributed by atoms with Crippen LogP contribution in [0.4, 0.5) is 0 Å². The second-order valence-corrected chi connectivity index (χ2v) is 10.5. The molecule has 0 aliphatic carbocycles. The first-order chi connectivity index (χ1) is 16.3. The van der Waals surface area contributed by atoms with Crippen molar-refractivity contribution in [3.8, 4) is 0 Å². The summed E-state index contributed by atoms with van der Waals surface area (Å²) in [5.41, 5.74) is 0. The number of rotatable bonds is 16. The van der Waals surface area contributed by atoms with Crippen LogP contribution in [0.1, 0.15) is 26.2 Å². The maximum atomic E-state index is 12.0. The Labute approximate surface area is 205 Å². The van der Waals surface area contributed by atoms with Crippen molar-refractivity contribution in [2.75, 3.05) is 60.7 Å². The summed E-state index contributed by atoms with van der Waals surface area (Å²) in [6.07, 6.45) is -3.97. The van der Waals surface area contributed by atoms with Crippen LogP contribution in [0.15, 0.2) is 0 Å². The van der Waals surface area contributed by atoms with Crippen molar-refractivity contribution >= 4 is 19.6 Å². The van der Waals surface area contributed by atoms with Gasteiger partial charge in [-0.1, -0.05) is 6.92 Å². The lowest BCUT2D eigenvalue weighted by molar-refractivity contribution is -0.910. The van der Waals surface area contributed by atoms with E-state index in [2.05, 4.69) is 15.2 Å². The molecule has 6 N–H and O–H groups in total. The lowest BCUT2D eigenvalue weighted by Crippen LogP contribution is -2.68. The number of carbonyl (C=O) groups excluding carboxylic acids is 2. The number of aliphatic hydroxyl groups is 3. The van der Waals surface area contributed by atoms with Crippen molar-refractivity contribution in [2.45, 2.75) is 56.8 Å². The minimum Gasteiger partial charge on any atom is -0.394 e. The topological polar surface area (TPSA) is 193 Å². The fraction of sp³-hybridized carbons (Fsp3) is 0.900. The van der Waals surface area contributed by atoms with Crippen LogP contribution in [0, 0.1) is 0 Å². The zero-order valence-electron chi connectivity index (χ0n) is 20.8. The van der Waals surface area contributed by atoms with Gasteiger partial charge < -0.3 is 44.8 Å². The maximum absolute atomic E-state index is 12.0. The standard InChI is InChI=1S/C20H40N3O11P/c1-5-10-32-35(29,30)33-12-9-22-16(26)7-6-15(25)21-8-11-31-20-17(23(2,3)4)19(28)18(27)14(13-24)34-20/h14,17-20,24,27-28H,5-13H2,1-4H3,(H2-,21,22,25,26,29,30)/p+1/t14-,17-,18-,19-,20-/m1/s1. The van der Waals surface area contributed by atoms with E-state index in [1.54, 1.807) is 28.1 Å². The van der Waals surface area contributed by atoms with E-state index in [1.165, 1.54) is 0 Å². The fourth-order valence-electron chi connectivity index (χ4n) is 3.39. The van der Waals surface area contributed by atoms with Crippen molar-refractivity contribution in [1.29, 1.82) is 0 Å². The summed E-state index contributed by atoms with van der Waals surface area (Å²) >= 11 is 0. The molecule has 1 unspecified atom stereocenters. The van der Waals surface area contributed by atoms with E-state index in [-0.39, 0.29) is 56.1 Å². The van der Waals surface area contributed by atoms with Crippen LogP contribution in [0.2, 0.25) is 0 Å². The van der Waals surface area contributed by atoms with Crippen molar-refractivity contribution < 1.29 is 57.4 Å². The highest BCUT2D eigenvalue weighted by Crippen LogP contribution is 2.42. The molecule has 15 heteroatoms. The van der Waals surface area contributed by atoms with Crippen LogP contribution in [0.25, 0.3) is 0 Å². The first-order valence-corrected chi connectivity index (χ1v) is 13.0. The third kappa shape index (κ3) is 11.6. The van der Waals surface area contributed by atoms with Crippen molar-refractivity contribution in [2.24, 2.45) is 0 Å². The van der Waals surface area contributed by atoms with Crippen LogP contribution in [-0.4, -0.2) is 128 Å². The van der Waals surface area contributed by atoms with Crippen LogP contribution < -0.4 is 10.6 Å². The van der Waals surface area contributed by atoms with E-state index >= 15 is 0 Å². The summed E-state index contributed by atoms with van der Waals surface area (Å²) in [4.78, 5) is 33.2. The van der Waals surface area contributed by atoms with E-state index in [0.717, 1.165) is 0 Å². The Morgan fingerprint density at radius 2 is 1.51 bits per heavy atom. The Kier molecular flexibility index (Phi) is 13.8. The molecule has 0 aromatic heterocycles. The summed E-state index contributed by atoms with van der Waals surface area (Å²) in [6.45, 7) is 1.30. The fourth-order valence-corrected chi connectivity index (χ4v) is 4.20. The molecule has 1 aliphatic heterocycles. The Morgan fingerprint density at radius 1 is 0.971 bits per heavy atom. The number of carbonyl (C=O) groups is 2. The molecular formula is C20H41N3O11P+. The highest BCUT2D eigenvalue weighted by atomic mass is 31.2. The molecule has 1 aliphatic rings. The van der Waals surface area contributed by atoms with E-state index in [4.69, 9.17) is 14.0 Å². The zero-order valence-corrected chi connectivity index (χ0v) is 21.7. The predicted molar refractivity (Wildman–Crippen MR) is 123 cm³/mol. The van der Waals surface area contributed by atoms with Gasteiger partial charge in [0, 0.05) is 25.9 Å². The second-order valence-electron chi connectivity index (χ2n) is 9.02. The Hall–Kier alpha value is -1.19. The van der Waals surface area contributed by atoms with Gasteiger partial charge in [0.1, 0.15) is 18.3 Å². The Bertz CT molecular complexity index is 706. The van der Waals surface area contributed by atoms with E-state index in [1.807, 2.05) is 0 Å². The number of phosphoric acid groups is 1. The van der Waals surface area contributed by atoms with E-state index in [0.29, 0.717) is 6.42 Å². The number of ether oxygens (including phenoxy) is 2. The number of phosphoric ester groups is 1. The van der Waals surface area contributed by atoms with Gasteiger partial charge in [-0.15, -0.1) is 0 Å². The molecule has 35 heavy (non-hydrogen) atoms. The molecule has 0 radical (unpaired) electrons. The van der Waals surface area contributed by atoms with Gasteiger partial charge in [0.25, 0.3) is 0 Å². The molecule has 1 saturated heterocycles. The molecule has 14 nitrogen and oxygen atoms in total. The Morgan fingerprint density at radius 3 is 2.03 bits per heavy atom. The lowest BCUT2D eigenvalue weighted by Gasteiger charge is -2.47. The van der Waals surface area contributed by atoms with E-state index < -0.39 is 51.0 Å². The molecule has 206 valence electrons. The van der Waals surface area contributed by atoms with Gasteiger partial charge in [-0.05, 0) is 6.42 Å². The number of likely N-dealkylation sites (N-methyl/N-ethyl adjacent to an activating group) is 1. The highest BCUT2D eigenvalue weighted by molar-refractivity contribution is 7.47. The SMILES string of the molecule is CCCOP(=O)(O)OCCNC(=O)CCC(=O)NCCO[C@@H]1O[C@H](CO)[C@@H](O)[C@H](O)[C@H]1[N+](C)(C)C. The van der Waals surface area contributed by atoms with Crippen molar-refractivity contribution in [3.05, 3.63) is 0 Å². The summed E-state index contributed by atoms with van der Waals surface area (Å²) in [7, 11) is 1.29. The minimum absolute atomic E-state index is 0.0153. The van der Waals surface area contributed by atoms with Crippen LogP contribution in [-0.2, 0) is 32.7 Å². The summed E-state index contributed by atoms with van der Waals surface area (Å²) in [5, 5.41) is 35.1. The number of nitrogens with zero attached hydrogens (tertiary/aromatic N) is 1. The number of hydrogen-bond donors (Lipinski definition) is 6. The van der Waals surface area contributed by atoms with Gasteiger partial charge in [0.15, 0.2) is 6.04 Å². The van der Waals surface area contributed by atoms with Gasteiger partial charge in [-0.2, -0.15) is 0 Å². The maximum Gasteiger partial charge on any atom is 0.472 e. The Balaban J connectivity index is 2.30. The number of amides is 2. The van der Waals surface area contributed by atoms with Crippen LogP contribution in [0.3, 0.4) is 0 Å². The van der Waals surface area contributed by atoms with Gasteiger partial charge in [0.05, 0.1) is 47.6 Å². The second kappa shape index (κ2) is 15.2. The largest absolute Gasteiger partial charge is 0.472 e. The van der Waals surface area contributed by atoms with Gasteiger partial charge >= 0.3 is 7.82 Å². The average Bonchev–Trinajstić information content (AvgIpc) is 2.78. The molecule has 6 atom stereocenters. The number of quaternary nitrogens is 1. The average molecular weight is 531 g/mol. The molecule has 1 heterocycles. The molecule has 0 aromatic rings. The van der Waals surface area contributed by atoms with Crippen LogP contribution >= 0.6 is 7.82 Å². The number of hydrogen-bond acceptors (Lipinski definition) is 10. The summed E-state index contributed by atoms with van der Waals surface area (Å²) in [6, 6.07) is -0.630. The van der Waals surface area contributed by atoms with Gasteiger partial charge in [-0.25, -0.2) is 4.57 Å². The normalized spacial score (nSPS) is 26.7. The summed E-state index contributed by atoms with van der Waals surface area (Å²) < 4.78 is 32.4. The molecule has 2 amide bonds. The number of nitrogens with one attached hydrogen (secondary N) is 2. The van der Waals surface area contributed by atoms with Gasteiger partial charge in [0.2, 0.25) is 18.1 Å². The quantitative estimate of drug-likeness (QED) is 0.0740. The monoisotopic (exact) mass is 530 g/mol. The minimum atomic E-state index is -4.13. The molecule has 0 bridgehead atoms. The van der Waals surface area contributed by atoms with Crippen molar-refractivity contribution in [3.63, 3.8) is 0 Å². The number of aliphatic hydroxyl groups excluding tert-OH is 3. The predicted octanol–water partition coefficient (Wildman–Crippen LogP) is -1.93. The molecule has 0 aromatic carbocycles. The molecule has 1 fully saturated rings. The third-order valence-electron chi connectivity index (χ3n) is 5.17. The first kappa shape index (κ1) is 31.8. The van der Waals surface area contributed by atoms with Crippen LogP contribution in [0.5, 0.6) is 0 Å². The highest BCUT2D eigenvalue weighted by Gasteiger charge is 2.51. The molecular weight excluding hydrogens is 489 g/mol. The van der Waals surface area contributed by atoms with E-state index in [9.17, 15) is 34.4 Å². The molecule has 0 saturated carbocycles. The lowest BCUT2D eigenvalue weighted by atomic mass is 9.95. The zero-order chi connectivity index (χ0) is 26.6. The van der Waals surface area contributed by atoms with Gasteiger partial charge in [-0.3, -0.25) is 18.6 Å². The molecule has 0 spiro atoms. The van der Waals surface area contributed by atoms with Crippen molar-refractivity contribution in [1.82, 2.24) is 10.6 Å². The smallest absolute Gasteiger partial charge is 0.394 e.